The normalized spacial score (nSPS) is 20.3. The van der Waals surface area contributed by atoms with Crippen LogP contribution >= 0.6 is 15.9 Å². The molecule has 0 aliphatic carbocycles. The molecule has 2 rings (SSSR count). The molecule has 0 saturated carbocycles. The molecule has 4 heteroatoms. The number of hydrogen-bond acceptors (Lipinski definition) is 2. The Balaban J connectivity index is 1.90. The van der Waals surface area contributed by atoms with Gasteiger partial charge in [0.15, 0.2) is 0 Å². The Morgan fingerprint density at radius 3 is 3.00 bits per heavy atom. The highest BCUT2D eigenvalue weighted by molar-refractivity contribution is 9.10. The molecule has 1 aromatic rings. The number of anilines is 1. The lowest BCUT2D eigenvalue weighted by Gasteiger charge is -2.30. The summed E-state index contributed by atoms with van der Waals surface area (Å²) in [7, 11) is 0. The van der Waals surface area contributed by atoms with Gasteiger partial charge >= 0.3 is 0 Å². The van der Waals surface area contributed by atoms with Crippen molar-refractivity contribution in [2.24, 2.45) is 5.92 Å². The fourth-order valence-electron chi connectivity index (χ4n) is 2.54. The predicted molar refractivity (Wildman–Crippen MR) is 82.3 cm³/mol. The predicted octanol–water partition coefficient (Wildman–Crippen LogP) is 3.43. The van der Waals surface area contributed by atoms with Gasteiger partial charge in [0.2, 0.25) is 5.91 Å². The lowest BCUT2D eigenvalue weighted by Crippen LogP contribution is -2.39. The molecule has 1 atom stereocenters. The molecule has 104 valence electrons. The zero-order valence-electron chi connectivity index (χ0n) is 11.6. The van der Waals surface area contributed by atoms with Crippen LogP contribution in [-0.4, -0.2) is 30.4 Å². The van der Waals surface area contributed by atoms with E-state index in [9.17, 15) is 4.79 Å². The quantitative estimate of drug-likeness (QED) is 0.923. The molecular formula is C15H21BrN2O. The first-order chi connectivity index (χ1) is 9.04. The van der Waals surface area contributed by atoms with E-state index in [1.165, 1.54) is 18.4 Å². The minimum atomic E-state index is 0.0682. The number of carbonyl (C=O) groups is 1. The van der Waals surface area contributed by atoms with Crippen molar-refractivity contribution in [3.05, 3.63) is 28.2 Å². The zero-order valence-corrected chi connectivity index (χ0v) is 13.2. The van der Waals surface area contributed by atoms with Crippen molar-refractivity contribution < 1.29 is 4.79 Å². The van der Waals surface area contributed by atoms with E-state index < -0.39 is 0 Å². The smallest absolute Gasteiger partial charge is 0.238 e. The summed E-state index contributed by atoms with van der Waals surface area (Å²) in [4.78, 5) is 14.3. The average molecular weight is 325 g/mol. The highest BCUT2D eigenvalue weighted by atomic mass is 79.9. The number of halogens is 1. The summed E-state index contributed by atoms with van der Waals surface area (Å²) in [6.45, 7) is 6.84. The Kier molecular flexibility index (Phi) is 4.99. The maximum absolute atomic E-state index is 12.1. The fraction of sp³-hybridized carbons (Fsp3) is 0.533. The van der Waals surface area contributed by atoms with Crippen LogP contribution in [0.1, 0.15) is 25.3 Å². The van der Waals surface area contributed by atoms with Crippen LogP contribution in [0.25, 0.3) is 0 Å². The second-order valence-corrected chi connectivity index (χ2v) is 6.37. The topological polar surface area (TPSA) is 32.3 Å². The number of hydrogen-bond donors (Lipinski definition) is 1. The van der Waals surface area contributed by atoms with Gasteiger partial charge in [0.1, 0.15) is 0 Å². The number of carbonyl (C=O) groups excluding carboxylic acids is 1. The Labute approximate surface area is 123 Å². The molecule has 19 heavy (non-hydrogen) atoms. The average Bonchev–Trinajstić information content (AvgIpc) is 2.33. The van der Waals surface area contributed by atoms with Crippen molar-refractivity contribution in [3.8, 4) is 0 Å². The maximum Gasteiger partial charge on any atom is 0.238 e. The Hall–Kier alpha value is -0.870. The van der Waals surface area contributed by atoms with Crippen molar-refractivity contribution >= 4 is 27.5 Å². The number of piperidine rings is 1. The van der Waals surface area contributed by atoms with Gasteiger partial charge in [-0.15, -0.1) is 0 Å². The van der Waals surface area contributed by atoms with E-state index in [2.05, 4.69) is 33.1 Å². The monoisotopic (exact) mass is 324 g/mol. The molecular weight excluding hydrogens is 304 g/mol. The number of amides is 1. The molecule has 1 N–H and O–H groups in total. The number of rotatable bonds is 3. The van der Waals surface area contributed by atoms with Gasteiger partial charge in [0.25, 0.3) is 0 Å². The number of aryl methyl sites for hydroxylation is 1. The summed E-state index contributed by atoms with van der Waals surface area (Å²) in [5.41, 5.74) is 2.02. The first-order valence-corrected chi connectivity index (χ1v) is 7.62. The molecule has 0 aromatic heterocycles. The molecule has 0 spiro atoms. The summed E-state index contributed by atoms with van der Waals surface area (Å²) in [5.74, 6) is 0.770. The van der Waals surface area contributed by atoms with Crippen molar-refractivity contribution in [3.63, 3.8) is 0 Å². The van der Waals surface area contributed by atoms with Crippen LogP contribution in [0.3, 0.4) is 0 Å². The maximum atomic E-state index is 12.1. The van der Waals surface area contributed by atoms with Crippen LogP contribution in [-0.2, 0) is 4.79 Å². The number of nitrogens with one attached hydrogen (secondary N) is 1. The standard InChI is InChI=1S/C15H21BrN2O/c1-11-5-6-14(13(16)8-11)17-15(19)10-18-7-3-4-12(2)9-18/h5-6,8,12H,3-4,7,9-10H2,1-2H3,(H,17,19). The Bertz CT molecular complexity index is 461. The van der Waals surface area contributed by atoms with Gasteiger partial charge in [-0.2, -0.15) is 0 Å². The van der Waals surface area contributed by atoms with Gasteiger partial charge in [-0.3, -0.25) is 9.69 Å². The highest BCUT2D eigenvalue weighted by Crippen LogP contribution is 2.23. The minimum Gasteiger partial charge on any atom is -0.324 e. The molecule has 0 bridgehead atoms. The lowest BCUT2D eigenvalue weighted by atomic mass is 10.0. The number of benzene rings is 1. The van der Waals surface area contributed by atoms with Crippen LogP contribution in [0.4, 0.5) is 5.69 Å². The summed E-state index contributed by atoms with van der Waals surface area (Å²) >= 11 is 3.48. The largest absolute Gasteiger partial charge is 0.324 e. The van der Waals surface area contributed by atoms with Crippen LogP contribution in [0.5, 0.6) is 0 Å². The van der Waals surface area contributed by atoms with Gasteiger partial charge in [-0.05, 0) is 65.9 Å². The highest BCUT2D eigenvalue weighted by Gasteiger charge is 2.18. The second kappa shape index (κ2) is 6.53. The molecule has 1 aliphatic heterocycles. The molecule has 1 heterocycles. The fourth-order valence-corrected chi connectivity index (χ4v) is 3.14. The molecule has 0 radical (unpaired) electrons. The minimum absolute atomic E-state index is 0.0682. The third-order valence-corrected chi connectivity index (χ3v) is 4.16. The van der Waals surface area contributed by atoms with Crippen molar-refractivity contribution in [2.75, 3.05) is 25.0 Å². The van der Waals surface area contributed by atoms with Crippen molar-refractivity contribution in [1.82, 2.24) is 4.90 Å². The molecule has 1 amide bonds. The van der Waals surface area contributed by atoms with E-state index in [-0.39, 0.29) is 5.91 Å². The molecule has 1 aliphatic rings. The third kappa shape index (κ3) is 4.32. The number of nitrogens with zero attached hydrogens (tertiary/aromatic N) is 1. The van der Waals surface area contributed by atoms with Crippen molar-refractivity contribution in [2.45, 2.75) is 26.7 Å². The van der Waals surface area contributed by atoms with E-state index in [1.54, 1.807) is 0 Å². The van der Waals surface area contributed by atoms with Crippen LogP contribution < -0.4 is 5.32 Å². The SMILES string of the molecule is Cc1ccc(NC(=O)CN2CCCC(C)C2)c(Br)c1. The van der Waals surface area contributed by atoms with Gasteiger partial charge < -0.3 is 5.32 Å². The van der Waals surface area contributed by atoms with Gasteiger partial charge in [0.05, 0.1) is 12.2 Å². The first kappa shape index (κ1) is 14.5. The second-order valence-electron chi connectivity index (χ2n) is 5.51. The van der Waals surface area contributed by atoms with Crippen molar-refractivity contribution in [1.29, 1.82) is 0 Å². The van der Waals surface area contributed by atoms with Gasteiger partial charge in [-0.1, -0.05) is 13.0 Å². The van der Waals surface area contributed by atoms with E-state index in [0.29, 0.717) is 12.5 Å². The summed E-state index contributed by atoms with van der Waals surface area (Å²) < 4.78 is 0.938. The Morgan fingerprint density at radius 1 is 1.53 bits per heavy atom. The van der Waals surface area contributed by atoms with E-state index in [4.69, 9.17) is 0 Å². The first-order valence-electron chi connectivity index (χ1n) is 6.83. The molecule has 1 unspecified atom stereocenters. The van der Waals surface area contributed by atoms with E-state index >= 15 is 0 Å². The molecule has 3 nitrogen and oxygen atoms in total. The lowest BCUT2D eigenvalue weighted by molar-refractivity contribution is -0.117. The van der Waals surface area contributed by atoms with E-state index in [0.717, 1.165) is 23.2 Å². The molecule has 1 fully saturated rings. The molecule has 1 aromatic carbocycles. The summed E-state index contributed by atoms with van der Waals surface area (Å²) in [5, 5.41) is 2.97. The van der Waals surface area contributed by atoms with E-state index in [1.807, 2.05) is 25.1 Å². The summed E-state index contributed by atoms with van der Waals surface area (Å²) in [6, 6.07) is 5.96. The Morgan fingerprint density at radius 2 is 2.32 bits per heavy atom. The van der Waals surface area contributed by atoms with Crippen LogP contribution in [0.2, 0.25) is 0 Å². The van der Waals surface area contributed by atoms with Gasteiger partial charge in [0, 0.05) is 11.0 Å². The summed E-state index contributed by atoms with van der Waals surface area (Å²) in [6.07, 6.45) is 2.48. The van der Waals surface area contributed by atoms with Crippen LogP contribution in [0.15, 0.2) is 22.7 Å². The van der Waals surface area contributed by atoms with Gasteiger partial charge in [-0.25, -0.2) is 0 Å². The molecule has 1 saturated heterocycles. The zero-order chi connectivity index (χ0) is 13.8. The van der Waals surface area contributed by atoms with Crippen LogP contribution in [0, 0.1) is 12.8 Å². The number of likely N-dealkylation sites (tertiary alicyclic amines) is 1. The third-order valence-electron chi connectivity index (χ3n) is 3.51.